The molecule has 2 aromatic rings. The minimum atomic E-state index is -0.950. The number of nitrogens with zero attached hydrogens (tertiary/aromatic N) is 2. The summed E-state index contributed by atoms with van der Waals surface area (Å²) in [6, 6.07) is 11.3. The highest BCUT2D eigenvalue weighted by Gasteiger charge is 2.20. The molecule has 0 radical (unpaired) electrons. The number of aryl methyl sites for hydroxylation is 2. The molecule has 0 aliphatic carbocycles. The number of methoxy groups -OCH3 is 1. The highest BCUT2D eigenvalue weighted by molar-refractivity contribution is 5.97. The second-order valence-electron chi connectivity index (χ2n) is 6.22. The molecule has 2 aromatic carbocycles. The molecule has 0 aliphatic rings. The first-order valence-corrected chi connectivity index (χ1v) is 8.62. The molecule has 0 N–H and O–H groups in total. The van der Waals surface area contributed by atoms with E-state index in [-0.39, 0.29) is 24.3 Å². The number of benzene rings is 2. The van der Waals surface area contributed by atoms with Crippen molar-refractivity contribution in [2.24, 2.45) is 0 Å². The average molecular weight is 384 g/mol. The number of hydrogen-bond donors (Lipinski definition) is 0. The lowest BCUT2D eigenvalue weighted by atomic mass is 10.1. The fraction of sp³-hybridized carbons (Fsp3) is 0.286. The van der Waals surface area contributed by atoms with E-state index in [1.165, 1.54) is 24.1 Å². The summed E-state index contributed by atoms with van der Waals surface area (Å²) in [5.41, 5.74) is 2.25. The zero-order valence-electron chi connectivity index (χ0n) is 16.0. The normalized spacial score (nSPS) is 10.1. The third kappa shape index (κ3) is 5.30. The van der Waals surface area contributed by atoms with Gasteiger partial charge in [0.05, 0.1) is 25.2 Å². The zero-order valence-corrected chi connectivity index (χ0v) is 16.0. The highest BCUT2D eigenvalue weighted by Crippen LogP contribution is 2.20. The van der Waals surface area contributed by atoms with Gasteiger partial charge in [-0.25, -0.2) is 9.18 Å². The summed E-state index contributed by atoms with van der Waals surface area (Å²) >= 11 is 0. The van der Waals surface area contributed by atoms with Crippen LogP contribution in [0, 0.1) is 31.0 Å². The molecular formula is C21H21FN2O4. The third-order valence-corrected chi connectivity index (χ3v) is 3.99. The molecule has 146 valence electrons. The van der Waals surface area contributed by atoms with Gasteiger partial charge in [-0.15, -0.1) is 0 Å². The van der Waals surface area contributed by atoms with E-state index < -0.39 is 24.3 Å². The SMILES string of the molecule is COc1ccc(C(=O)OCC(=O)N(CCC#N)c2cc(C)cc(C)c2)c(F)c1. The predicted octanol–water partition coefficient (Wildman–Crippen LogP) is 3.55. The highest BCUT2D eigenvalue weighted by atomic mass is 19.1. The average Bonchev–Trinajstić information content (AvgIpc) is 2.65. The van der Waals surface area contributed by atoms with E-state index in [0.29, 0.717) is 5.69 Å². The maximum atomic E-state index is 14.0. The number of ether oxygens (including phenoxy) is 2. The Hall–Kier alpha value is -3.40. The molecule has 0 heterocycles. The largest absolute Gasteiger partial charge is 0.497 e. The van der Waals surface area contributed by atoms with Crippen LogP contribution in [0.1, 0.15) is 27.9 Å². The predicted molar refractivity (Wildman–Crippen MR) is 102 cm³/mol. The minimum absolute atomic E-state index is 0.125. The van der Waals surface area contributed by atoms with Crippen molar-refractivity contribution in [2.45, 2.75) is 20.3 Å². The van der Waals surface area contributed by atoms with Gasteiger partial charge in [-0.2, -0.15) is 5.26 Å². The van der Waals surface area contributed by atoms with Crippen LogP contribution in [0.15, 0.2) is 36.4 Å². The molecule has 1 amide bonds. The van der Waals surface area contributed by atoms with Crippen molar-refractivity contribution in [1.29, 1.82) is 5.26 Å². The summed E-state index contributed by atoms with van der Waals surface area (Å²) in [4.78, 5) is 26.1. The van der Waals surface area contributed by atoms with Crippen molar-refractivity contribution >= 4 is 17.6 Å². The molecule has 6 nitrogen and oxygen atoms in total. The molecule has 0 aromatic heterocycles. The van der Waals surface area contributed by atoms with Crippen molar-refractivity contribution in [2.75, 3.05) is 25.2 Å². The van der Waals surface area contributed by atoms with E-state index in [0.717, 1.165) is 17.2 Å². The second kappa shape index (κ2) is 9.51. The van der Waals surface area contributed by atoms with Gasteiger partial charge in [-0.05, 0) is 49.2 Å². The van der Waals surface area contributed by atoms with Crippen LogP contribution in [0.3, 0.4) is 0 Å². The van der Waals surface area contributed by atoms with Gasteiger partial charge in [-0.3, -0.25) is 4.79 Å². The fourth-order valence-corrected chi connectivity index (χ4v) is 2.74. The van der Waals surface area contributed by atoms with Gasteiger partial charge in [0.25, 0.3) is 5.91 Å². The van der Waals surface area contributed by atoms with Gasteiger partial charge in [0.15, 0.2) is 6.61 Å². The number of carbonyl (C=O) groups is 2. The molecule has 0 saturated heterocycles. The number of anilines is 1. The molecule has 0 fully saturated rings. The van der Waals surface area contributed by atoms with Crippen LogP contribution in [-0.2, 0) is 9.53 Å². The Morgan fingerprint density at radius 1 is 1.14 bits per heavy atom. The zero-order chi connectivity index (χ0) is 20.7. The van der Waals surface area contributed by atoms with Crippen molar-refractivity contribution in [1.82, 2.24) is 0 Å². The maximum Gasteiger partial charge on any atom is 0.341 e. The molecule has 0 spiro atoms. The topological polar surface area (TPSA) is 79.6 Å². The number of rotatable bonds is 7. The summed E-state index contributed by atoms with van der Waals surface area (Å²) in [6.45, 7) is 3.39. The van der Waals surface area contributed by atoms with Gasteiger partial charge in [-0.1, -0.05) is 6.07 Å². The van der Waals surface area contributed by atoms with E-state index in [1.54, 1.807) is 0 Å². The number of carbonyl (C=O) groups excluding carboxylic acids is 2. The first-order valence-electron chi connectivity index (χ1n) is 8.62. The van der Waals surface area contributed by atoms with Gasteiger partial charge in [0, 0.05) is 18.3 Å². The maximum absolute atomic E-state index is 14.0. The van der Waals surface area contributed by atoms with Crippen LogP contribution >= 0.6 is 0 Å². The van der Waals surface area contributed by atoms with Crippen LogP contribution in [0.25, 0.3) is 0 Å². The molecule has 28 heavy (non-hydrogen) atoms. The third-order valence-electron chi connectivity index (χ3n) is 3.99. The molecule has 2 rings (SSSR count). The van der Waals surface area contributed by atoms with Gasteiger partial charge in [0.2, 0.25) is 0 Å². The fourth-order valence-electron chi connectivity index (χ4n) is 2.74. The molecule has 0 unspecified atom stereocenters. The smallest absolute Gasteiger partial charge is 0.341 e. The van der Waals surface area contributed by atoms with Crippen molar-refractivity contribution in [3.05, 3.63) is 58.9 Å². The van der Waals surface area contributed by atoms with E-state index in [4.69, 9.17) is 14.7 Å². The van der Waals surface area contributed by atoms with E-state index >= 15 is 0 Å². The van der Waals surface area contributed by atoms with Crippen LogP contribution in [-0.4, -0.2) is 32.1 Å². The summed E-state index contributed by atoms with van der Waals surface area (Å²) in [6.07, 6.45) is 0.125. The lowest BCUT2D eigenvalue weighted by molar-refractivity contribution is -0.121. The van der Waals surface area contributed by atoms with Crippen LogP contribution in [0.2, 0.25) is 0 Å². The van der Waals surface area contributed by atoms with E-state index in [1.807, 2.05) is 38.1 Å². The number of hydrogen-bond acceptors (Lipinski definition) is 5. The summed E-state index contributed by atoms with van der Waals surface area (Å²) in [7, 11) is 1.38. The van der Waals surface area contributed by atoms with E-state index in [9.17, 15) is 14.0 Å². The molecule has 0 bridgehead atoms. The minimum Gasteiger partial charge on any atom is -0.497 e. The van der Waals surface area contributed by atoms with Crippen molar-refractivity contribution < 1.29 is 23.5 Å². The van der Waals surface area contributed by atoms with Crippen LogP contribution in [0.4, 0.5) is 10.1 Å². The lowest BCUT2D eigenvalue weighted by Crippen LogP contribution is -2.35. The lowest BCUT2D eigenvalue weighted by Gasteiger charge is -2.22. The molecule has 0 atom stereocenters. The Balaban J connectivity index is 2.13. The molecule has 0 aliphatic heterocycles. The van der Waals surface area contributed by atoms with Crippen molar-refractivity contribution in [3.63, 3.8) is 0 Å². The van der Waals surface area contributed by atoms with E-state index in [2.05, 4.69) is 0 Å². The summed E-state index contributed by atoms with van der Waals surface area (Å²) in [5.74, 6) is -1.98. The molecule has 0 saturated carbocycles. The van der Waals surface area contributed by atoms with Crippen molar-refractivity contribution in [3.8, 4) is 11.8 Å². The monoisotopic (exact) mass is 384 g/mol. The quantitative estimate of drug-likeness (QED) is 0.682. The van der Waals surface area contributed by atoms with Gasteiger partial charge >= 0.3 is 5.97 Å². The Labute approximate surface area is 163 Å². The first kappa shape index (κ1) is 20.9. The number of amides is 1. The number of esters is 1. The Kier molecular flexibility index (Phi) is 7.10. The summed E-state index contributed by atoms with van der Waals surface area (Å²) < 4.78 is 23.9. The van der Waals surface area contributed by atoms with Crippen LogP contribution < -0.4 is 9.64 Å². The summed E-state index contributed by atoms with van der Waals surface area (Å²) in [5, 5.41) is 8.87. The molecule has 7 heteroatoms. The first-order chi connectivity index (χ1) is 13.3. The second-order valence-corrected chi connectivity index (χ2v) is 6.22. The standard InChI is InChI=1S/C21H21FN2O4/c1-14-9-15(2)11-16(10-14)24(8-4-7-23)20(25)13-28-21(26)18-6-5-17(27-3)12-19(18)22/h5-6,9-12H,4,8,13H2,1-3H3. The van der Waals surface area contributed by atoms with Gasteiger partial charge in [0.1, 0.15) is 11.6 Å². The Morgan fingerprint density at radius 2 is 1.82 bits per heavy atom. The van der Waals surface area contributed by atoms with Gasteiger partial charge < -0.3 is 14.4 Å². The Bertz CT molecular complexity index is 901. The molecular weight excluding hydrogens is 363 g/mol. The number of nitriles is 1. The number of halogens is 1. The Morgan fingerprint density at radius 3 is 2.39 bits per heavy atom. The van der Waals surface area contributed by atoms with Crippen LogP contribution in [0.5, 0.6) is 5.75 Å².